The van der Waals surface area contributed by atoms with Crippen molar-refractivity contribution in [1.82, 2.24) is 20.6 Å². The van der Waals surface area contributed by atoms with Crippen molar-refractivity contribution in [3.8, 4) is 5.75 Å². The summed E-state index contributed by atoms with van der Waals surface area (Å²) in [7, 11) is 1.63. The van der Waals surface area contributed by atoms with Crippen molar-refractivity contribution < 1.29 is 9.53 Å². The number of benzene rings is 1. The first-order valence-corrected chi connectivity index (χ1v) is 8.44. The minimum absolute atomic E-state index is 0.0860. The lowest BCUT2D eigenvalue weighted by Gasteiger charge is -2.33. The normalized spacial score (nSPS) is 17.0. The molecule has 1 atom stereocenters. The lowest BCUT2D eigenvalue weighted by molar-refractivity contribution is 0.234. The van der Waals surface area contributed by atoms with Crippen LogP contribution in [-0.2, 0) is 6.54 Å². The van der Waals surface area contributed by atoms with Crippen LogP contribution in [0.5, 0.6) is 5.75 Å². The molecule has 3 rings (SSSR count). The number of nitrogens with zero attached hydrogens (tertiary/aromatic N) is 3. The van der Waals surface area contributed by atoms with Gasteiger partial charge in [0.05, 0.1) is 7.11 Å². The van der Waals surface area contributed by atoms with Crippen LogP contribution in [0.25, 0.3) is 0 Å². The molecule has 2 aromatic rings. The van der Waals surface area contributed by atoms with Crippen molar-refractivity contribution in [2.45, 2.75) is 25.4 Å². The molecule has 0 saturated carbocycles. The maximum atomic E-state index is 12.2. The van der Waals surface area contributed by atoms with Crippen LogP contribution < -0.4 is 20.3 Å². The molecule has 1 aliphatic heterocycles. The fourth-order valence-electron chi connectivity index (χ4n) is 2.93. The van der Waals surface area contributed by atoms with Gasteiger partial charge in [-0.15, -0.1) is 0 Å². The molecule has 1 unspecified atom stereocenters. The Morgan fingerprint density at radius 3 is 2.96 bits per heavy atom. The molecule has 0 aliphatic carbocycles. The second-order valence-electron chi connectivity index (χ2n) is 6.01. The Morgan fingerprint density at radius 2 is 2.16 bits per heavy atom. The van der Waals surface area contributed by atoms with Gasteiger partial charge in [0.1, 0.15) is 5.75 Å². The summed E-state index contributed by atoms with van der Waals surface area (Å²) >= 11 is 0. The van der Waals surface area contributed by atoms with Gasteiger partial charge in [-0.1, -0.05) is 12.1 Å². The number of rotatable bonds is 5. The van der Waals surface area contributed by atoms with E-state index in [1.54, 1.807) is 25.6 Å². The van der Waals surface area contributed by atoms with Gasteiger partial charge in [0, 0.05) is 38.1 Å². The molecule has 25 heavy (non-hydrogen) atoms. The monoisotopic (exact) mass is 341 g/mol. The highest BCUT2D eigenvalue weighted by Gasteiger charge is 2.22. The predicted molar refractivity (Wildman–Crippen MR) is 95.6 cm³/mol. The van der Waals surface area contributed by atoms with E-state index >= 15 is 0 Å². The van der Waals surface area contributed by atoms with Gasteiger partial charge >= 0.3 is 6.03 Å². The first kappa shape index (κ1) is 17.0. The highest BCUT2D eigenvalue weighted by molar-refractivity contribution is 5.74. The molecule has 0 bridgehead atoms. The van der Waals surface area contributed by atoms with Crippen LogP contribution in [0.2, 0.25) is 0 Å². The van der Waals surface area contributed by atoms with Gasteiger partial charge in [0.15, 0.2) is 0 Å². The number of urea groups is 1. The number of ether oxygens (including phenoxy) is 1. The zero-order chi connectivity index (χ0) is 17.5. The van der Waals surface area contributed by atoms with E-state index in [-0.39, 0.29) is 12.1 Å². The number of methoxy groups -OCH3 is 1. The quantitative estimate of drug-likeness (QED) is 0.869. The minimum atomic E-state index is -0.163. The van der Waals surface area contributed by atoms with Gasteiger partial charge in [-0.2, -0.15) is 0 Å². The van der Waals surface area contributed by atoms with Crippen LogP contribution in [0.15, 0.2) is 42.7 Å². The average Bonchev–Trinajstić information content (AvgIpc) is 2.67. The van der Waals surface area contributed by atoms with Gasteiger partial charge in [-0.05, 0) is 36.6 Å². The second kappa shape index (κ2) is 8.32. The summed E-state index contributed by atoms with van der Waals surface area (Å²) in [5.74, 6) is 1.50. The Morgan fingerprint density at radius 1 is 1.32 bits per heavy atom. The number of piperidine rings is 1. The Kier molecular flexibility index (Phi) is 5.66. The highest BCUT2D eigenvalue weighted by Crippen LogP contribution is 2.15. The predicted octanol–water partition coefficient (Wildman–Crippen LogP) is 1.95. The molecular formula is C18H23N5O2. The highest BCUT2D eigenvalue weighted by atomic mass is 16.5. The van der Waals surface area contributed by atoms with Gasteiger partial charge in [0.25, 0.3) is 0 Å². The summed E-state index contributed by atoms with van der Waals surface area (Å²) in [5, 5.41) is 5.94. The number of amides is 2. The van der Waals surface area contributed by atoms with E-state index in [0.717, 1.165) is 37.2 Å². The molecule has 2 N–H and O–H groups in total. The fraction of sp³-hybridized carbons (Fsp3) is 0.389. The number of hydrogen-bond donors (Lipinski definition) is 2. The Labute approximate surface area is 147 Å². The van der Waals surface area contributed by atoms with Gasteiger partial charge in [0.2, 0.25) is 5.95 Å². The van der Waals surface area contributed by atoms with Crippen LogP contribution >= 0.6 is 0 Å². The molecule has 1 aliphatic rings. The second-order valence-corrected chi connectivity index (χ2v) is 6.01. The number of anilines is 1. The minimum Gasteiger partial charge on any atom is -0.497 e. The maximum Gasteiger partial charge on any atom is 0.315 e. The lowest BCUT2D eigenvalue weighted by atomic mass is 10.1. The van der Waals surface area contributed by atoms with Crippen molar-refractivity contribution in [2.75, 3.05) is 25.1 Å². The number of carbonyl (C=O) groups is 1. The summed E-state index contributed by atoms with van der Waals surface area (Å²) in [6, 6.07) is 9.38. The summed E-state index contributed by atoms with van der Waals surface area (Å²) in [5.41, 5.74) is 0.998. The van der Waals surface area contributed by atoms with E-state index in [9.17, 15) is 4.79 Å². The topological polar surface area (TPSA) is 79.4 Å². The van der Waals surface area contributed by atoms with E-state index in [0.29, 0.717) is 12.5 Å². The number of hydrogen-bond acceptors (Lipinski definition) is 5. The molecule has 2 amide bonds. The SMILES string of the molecule is COc1cccc(CNC(=O)NC2CCCN(c3ncccn3)C2)c1. The third-order valence-electron chi connectivity index (χ3n) is 4.18. The van der Waals surface area contributed by atoms with Crippen LogP contribution in [0.1, 0.15) is 18.4 Å². The molecule has 0 radical (unpaired) electrons. The Balaban J connectivity index is 1.49. The average molecular weight is 341 g/mol. The molecule has 7 heteroatoms. The number of carbonyl (C=O) groups excluding carboxylic acids is 1. The Bertz CT molecular complexity index is 695. The lowest BCUT2D eigenvalue weighted by Crippen LogP contribution is -2.50. The first-order chi connectivity index (χ1) is 12.2. The summed E-state index contributed by atoms with van der Waals surface area (Å²) < 4.78 is 5.19. The van der Waals surface area contributed by atoms with E-state index in [1.165, 1.54) is 0 Å². The van der Waals surface area contributed by atoms with Crippen molar-refractivity contribution in [2.24, 2.45) is 0 Å². The maximum absolute atomic E-state index is 12.2. The van der Waals surface area contributed by atoms with E-state index in [2.05, 4.69) is 25.5 Å². The molecule has 1 aromatic heterocycles. The molecule has 0 spiro atoms. The molecule has 2 heterocycles. The van der Waals surface area contributed by atoms with Crippen LogP contribution in [0, 0.1) is 0 Å². The van der Waals surface area contributed by atoms with E-state index < -0.39 is 0 Å². The van der Waals surface area contributed by atoms with Crippen LogP contribution in [-0.4, -0.2) is 42.2 Å². The molecule has 1 saturated heterocycles. The summed E-state index contributed by atoms with van der Waals surface area (Å²) in [4.78, 5) is 22.9. The summed E-state index contributed by atoms with van der Waals surface area (Å²) in [6.07, 6.45) is 5.43. The largest absolute Gasteiger partial charge is 0.497 e. The van der Waals surface area contributed by atoms with Crippen molar-refractivity contribution in [3.05, 3.63) is 48.3 Å². The fourth-order valence-corrected chi connectivity index (χ4v) is 2.93. The van der Waals surface area contributed by atoms with E-state index in [1.807, 2.05) is 24.3 Å². The first-order valence-electron chi connectivity index (χ1n) is 8.44. The molecule has 1 fully saturated rings. The third kappa shape index (κ3) is 4.82. The number of nitrogens with one attached hydrogen (secondary N) is 2. The molecule has 7 nitrogen and oxygen atoms in total. The molecular weight excluding hydrogens is 318 g/mol. The molecule has 132 valence electrons. The zero-order valence-corrected chi connectivity index (χ0v) is 14.3. The standard InChI is InChI=1S/C18H23N5O2/c1-25-16-7-2-5-14(11-16)12-21-18(24)22-15-6-3-10-23(13-15)17-19-8-4-9-20-17/h2,4-5,7-9,11,15H,3,6,10,12-13H2,1H3,(H2,21,22,24). The van der Waals surface area contributed by atoms with Crippen molar-refractivity contribution in [1.29, 1.82) is 0 Å². The van der Waals surface area contributed by atoms with Gasteiger partial charge < -0.3 is 20.3 Å². The zero-order valence-electron chi connectivity index (χ0n) is 14.3. The van der Waals surface area contributed by atoms with Crippen LogP contribution in [0.4, 0.5) is 10.7 Å². The van der Waals surface area contributed by atoms with Crippen LogP contribution in [0.3, 0.4) is 0 Å². The van der Waals surface area contributed by atoms with Gasteiger partial charge in [-0.3, -0.25) is 0 Å². The van der Waals surface area contributed by atoms with Gasteiger partial charge in [-0.25, -0.2) is 14.8 Å². The summed E-state index contributed by atoms with van der Waals surface area (Å²) in [6.45, 7) is 2.09. The van der Waals surface area contributed by atoms with E-state index in [4.69, 9.17) is 4.74 Å². The smallest absolute Gasteiger partial charge is 0.315 e. The van der Waals surface area contributed by atoms with Crippen molar-refractivity contribution in [3.63, 3.8) is 0 Å². The Hall–Kier alpha value is -2.83. The molecule has 1 aromatic carbocycles. The van der Waals surface area contributed by atoms with Crippen molar-refractivity contribution >= 4 is 12.0 Å². The number of aromatic nitrogens is 2. The third-order valence-corrected chi connectivity index (χ3v) is 4.18.